The first-order chi connectivity index (χ1) is 31.7. The van der Waals surface area contributed by atoms with Crippen molar-refractivity contribution in [2.75, 3.05) is 0 Å². The van der Waals surface area contributed by atoms with Crippen molar-refractivity contribution in [2.24, 2.45) is 0 Å². The number of hydrogen-bond donors (Lipinski definition) is 0. The van der Waals surface area contributed by atoms with Crippen molar-refractivity contribution >= 4 is 65.4 Å². The molecule has 3 heterocycles. The Bertz CT molecular complexity index is 3930. The predicted molar refractivity (Wildman–Crippen MR) is 267 cm³/mol. The number of benzene rings is 10. The van der Waals surface area contributed by atoms with Crippen molar-refractivity contribution in [2.45, 2.75) is 0 Å². The van der Waals surface area contributed by atoms with Crippen LogP contribution in [0.1, 0.15) is 0 Å². The second-order valence-corrected chi connectivity index (χ2v) is 16.6. The van der Waals surface area contributed by atoms with Crippen LogP contribution < -0.4 is 4.74 Å². The maximum Gasteiger partial charge on any atom is 0.128 e. The number of aromatic nitrogens is 3. The van der Waals surface area contributed by atoms with Crippen LogP contribution in [0.3, 0.4) is 0 Å². The van der Waals surface area contributed by atoms with Crippen LogP contribution in [0.25, 0.3) is 105 Å². The third-order valence-electron chi connectivity index (χ3n) is 12.9. The summed E-state index contributed by atoms with van der Waals surface area (Å²) in [5, 5.41) is 7.18. The van der Waals surface area contributed by atoms with Gasteiger partial charge in [0.15, 0.2) is 0 Å². The monoisotopic (exact) mass is 817 g/mol. The van der Waals surface area contributed by atoms with E-state index in [1.807, 2.05) is 0 Å². The number of hydrogen-bond acceptors (Lipinski definition) is 1. The summed E-state index contributed by atoms with van der Waals surface area (Å²) in [7, 11) is 0. The molecule has 13 aromatic rings. The lowest BCUT2D eigenvalue weighted by atomic mass is 9.97. The average molecular weight is 818 g/mol. The molecule has 300 valence electrons. The van der Waals surface area contributed by atoms with E-state index in [9.17, 15) is 0 Å². The molecule has 0 aliphatic carbocycles. The van der Waals surface area contributed by atoms with Crippen molar-refractivity contribution in [3.63, 3.8) is 0 Å². The minimum atomic E-state index is 0.801. The normalized spacial score (nSPS) is 11.8. The Kier molecular flexibility index (Phi) is 8.18. The summed E-state index contributed by atoms with van der Waals surface area (Å²) in [4.78, 5) is 0. The van der Waals surface area contributed by atoms with Gasteiger partial charge in [-0.2, -0.15) is 0 Å². The number of nitrogens with zero attached hydrogens (tertiary/aromatic N) is 3. The zero-order chi connectivity index (χ0) is 42.1. The van der Waals surface area contributed by atoms with Gasteiger partial charge in [-0.3, -0.25) is 0 Å². The lowest BCUT2D eigenvalue weighted by Crippen LogP contribution is -1.94. The Morgan fingerprint density at radius 3 is 1.09 bits per heavy atom. The second kappa shape index (κ2) is 14.5. The van der Waals surface area contributed by atoms with Gasteiger partial charge in [-0.05, 0) is 131 Å². The first-order valence-electron chi connectivity index (χ1n) is 21.8. The number of ether oxygens (including phenoxy) is 1. The van der Waals surface area contributed by atoms with E-state index in [2.05, 4.69) is 250 Å². The molecule has 0 aliphatic rings. The van der Waals surface area contributed by atoms with Gasteiger partial charge in [0.05, 0.1) is 33.1 Å². The smallest absolute Gasteiger partial charge is 0.128 e. The van der Waals surface area contributed by atoms with E-state index in [1.165, 1.54) is 54.8 Å². The van der Waals surface area contributed by atoms with Gasteiger partial charge in [-0.25, -0.2) is 0 Å². The summed E-state index contributed by atoms with van der Waals surface area (Å²) >= 11 is 0. The standard InChI is InChI=1S/C60H39N3O/c1-3-18-44(19-4-1)61-55-26-10-7-23-49(55)52-37-43(29-32-58(52)61)41-16-13-15-40(35-41)42-17-14-22-46(36-42)63-57-28-12-9-25-51(57)54-39-48(31-34-60(54)63)64-47-30-33-59-53(38-47)50-24-8-11-27-56(50)62(59)45-20-5-2-6-21-45/h1-39H. The summed E-state index contributed by atoms with van der Waals surface area (Å²) in [6.45, 7) is 0. The highest BCUT2D eigenvalue weighted by Crippen LogP contribution is 2.40. The van der Waals surface area contributed by atoms with Gasteiger partial charge in [0, 0.05) is 49.4 Å². The Morgan fingerprint density at radius 2 is 0.578 bits per heavy atom. The van der Waals surface area contributed by atoms with Crippen molar-refractivity contribution < 1.29 is 4.74 Å². The molecule has 3 aromatic heterocycles. The van der Waals surface area contributed by atoms with Crippen LogP contribution >= 0.6 is 0 Å². The highest BCUT2D eigenvalue weighted by molar-refractivity contribution is 6.12. The highest BCUT2D eigenvalue weighted by Gasteiger charge is 2.17. The van der Waals surface area contributed by atoms with E-state index in [0.29, 0.717) is 0 Å². The predicted octanol–water partition coefficient (Wildman–Crippen LogP) is 16.1. The molecule has 0 fully saturated rings. The van der Waals surface area contributed by atoms with Crippen LogP contribution in [0.5, 0.6) is 11.5 Å². The lowest BCUT2D eigenvalue weighted by Gasteiger charge is -2.12. The van der Waals surface area contributed by atoms with Gasteiger partial charge in [0.25, 0.3) is 0 Å². The average Bonchev–Trinajstić information content (AvgIpc) is 4.00. The van der Waals surface area contributed by atoms with Crippen LogP contribution in [-0.4, -0.2) is 13.7 Å². The fraction of sp³-hybridized carbons (Fsp3) is 0. The quantitative estimate of drug-likeness (QED) is 0.157. The summed E-state index contributed by atoms with van der Waals surface area (Å²) in [6, 6.07) is 84.8. The summed E-state index contributed by atoms with van der Waals surface area (Å²) in [5.41, 5.74) is 15.2. The fourth-order valence-corrected chi connectivity index (χ4v) is 10.0. The fourth-order valence-electron chi connectivity index (χ4n) is 10.0. The molecular formula is C60H39N3O. The molecule has 0 radical (unpaired) electrons. The summed E-state index contributed by atoms with van der Waals surface area (Å²) < 4.78 is 13.8. The Morgan fingerprint density at radius 1 is 0.219 bits per heavy atom. The molecule has 0 aliphatic heterocycles. The Labute approximate surface area is 369 Å². The molecule has 4 nitrogen and oxygen atoms in total. The maximum absolute atomic E-state index is 6.69. The number of rotatable bonds is 7. The van der Waals surface area contributed by atoms with Crippen molar-refractivity contribution in [1.82, 2.24) is 13.7 Å². The van der Waals surface area contributed by atoms with Gasteiger partial charge in [0.1, 0.15) is 11.5 Å². The third kappa shape index (κ3) is 5.77. The van der Waals surface area contributed by atoms with E-state index >= 15 is 0 Å². The SMILES string of the molecule is c1ccc(-n2c3ccccc3c3cc(Oc4ccc5c(c4)c4ccccc4n5-c4cccc(-c5cccc(-c6ccc7c(c6)c6ccccc6n7-c6ccccc6)c5)c4)ccc32)cc1. The molecule has 64 heavy (non-hydrogen) atoms. The molecule has 10 aromatic carbocycles. The molecule has 0 atom stereocenters. The lowest BCUT2D eigenvalue weighted by molar-refractivity contribution is 0.484. The minimum absolute atomic E-state index is 0.801. The van der Waals surface area contributed by atoms with Gasteiger partial charge in [-0.15, -0.1) is 0 Å². The van der Waals surface area contributed by atoms with Crippen molar-refractivity contribution in [3.8, 4) is 50.8 Å². The zero-order valence-electron chi connectivity index (χ0n) is 34.8. The molecule has 0 amide bonds. The van der Waals surface area contributed by atoms with Crippen molar-refractivity contribution in [1.29, 1.82) is 0 Å². The molecule has 13 rings (SSSR count). The molecule has 0 saturated heterocycles. The molecule has 4 heteroatoms. The molecular weight excluding hydrogens is 779 g/mol. The van der Waals surface area contributed by atoms with Crippen LogP contribution in [0.15, 0.2) is 237 Å². The van der Waals surface area contributed by atoms with E-state index in [4.69, 9.17) is 4.74 Å². The molecule has 0 bridgehead atoms. The van der Waals surface area contributed by atoms with Gasteiger partial charge in [0.2, 0.25) is 0 Å². The molecule has 0 saturated carbocycles. The van der Waals surface area contributed by atoms with E-state index in [1.54, 1.807) is 0 Å². The molecule has 0 spiro atoms. The van der Waals surface area contributed by atoms with Crippen LogP contribution in [0.4, 0.5) is 0 Å². The minimum Gasteiger partial charge on any atom is -0.457 e. The largest absolute Gasteiger partial charge is 0.457 e. The van der Waals surface area contributed by atoms with Crippen LogP contribution in [-0.2, 0) is 0 Å². The topological polar surface area (TPSA) is 24.0 Å². The number of para-hydroxylation sites is 5. The maximum atomic E-state index is 6.69. The Balaban J connectivity index is 0.858. The summed E-state index contributed by atoms with van der Waals surface area (Å²) in [5.74, 6) is 1.61. The van der Waals surface area contributed by atoms with Gasteiger partial charge >= 0.3 is 0 Å². The zero-order valence-corrected chi connectivity index (χ0v) is 34.8. The molecule has 0 N–H and O–H groups in total. The van der Waals surface area contributed by atoms with E-state index in [-0.39, 0.29) is 0 Å². The first kappa shape index (κ1) is 36.1. The van der Waals surface area contributed by atoms with E-state index in [0.717, 1.165) is 61.4 Å². The summed E-state index contributed by atoms with van der Waals surface area (Å²) in [6.07, 6.45) is 0. The highest BCUT2D eigenvalue weighted by atomic mass is 16.5. The van der Waals surface area contributed by atoms with Crippen molar-refractivity contribution in [3.05, 3.63) is 237 Å². The number of fused-ring (bicyclic) bond motifs is 9. The Hall–Kier alpha value is -8.60. The second-order valence-electron chi connectivity index (χ2n) is 16.6. The molecule has 0 unspecified atom stereocenters. The van der Waals surface area contributed by atoms with Gasteiger partial charge in [-0.1, -0.05) is 127 Å². The van der Waals surface area contributed by atoms with Gasteiger partial charge < -0.3 is 18.4 Å². The third-order valence-corrected chi connectivity index (χ3v) is 12.9. The van der Waals surface area contributed by atoms with E-state index < -0.39 is 0 Å². The van der Waals surface area contributed by atoms with Crippen LogP contribution in [0, 0.1) is 0 Å². The van der Waals surface area contributed by atoms with Crippen LogP contribution in [0.2, 0.25) is 0 Å². The first-order valence-corrected chi connectivity index (χ1v) is 21.8.